The molecule has 0 radical (unpaired) electrons. The monoisotopic (exact) mass is 249 g/mol. The Kier molecular flexibility index (Phi) is 3.27. The van der Waals surface area contributed by atoms with Gasteiger partial charge in [-0.3, -0.25) is 10.5 Å². The summed E-state index contributed by atoms with van der Waals surface area (Å²) in [7, 11) is -3.70. The van der Waals surface area contributed by atoms with E-state index in [4.69, 9.17) is 5.73 Å². The maximum Gasteiger partial charge on any atom is 0.261 e. The molecule has 84 valence electrons. The summed E-state index contributed by atoms with van der Waals surface area (Å²) in [6.45, 7) is 3.19. The van der Waals surface area contributed by atoms with Gasteiger partial charge in [0.15, 0.2) is 5.11 Å². The number of nitrogens with one attached hydrogen (secondary N) is 3. The Bertz CT molecular complexity index is 458. The van der Waals surface area contributed by atoms with Crippen molar-refractivity contribution in [3.8, 4) is 0 Å². The number of hydrazine groups is 1. The minimum absolute atomic E-state index is 0.0891. The van der Waals surface area contributed by atoms with Crippen LogP contribution >= 0.6 is 12.2 Å². The van der Waals surface area contributed by atoms with Crippen LogP contribution in [0.5, 0.6) is 0 Å². The molecule has 0 amide bonds. The van der Waals surface area contributed by atoms with Gasteiger partial charge in [0.05, 0.1) is 11.4 Å². The minimum Gasteiger partial charge on any atom is -0.375 e. The standard InChI is InChI=1S/C6H11N5O2S2/c1-3-5(4(2)9-8-3)15(12,13)11-10-6(7)14/h11H,1-2H3,(H,8,9)(H3,7,10,14). The number of rotatable bonds is 3. The summed E-state index contributed by atoms with van der Waals surface area (Å²) in [4.78, 5) is 2.13. The van der Waals surface area contributed by atoms with Crippen molar-refractivity contribution in [2.75, 3.05) is 0 Å². The smallest absolute Gasteiger partial charge is 0.261 e. The second-order valence-electron chi connectivity index (χ2n) is 2.86. The fraction of sp³-hybridized carbons (Fsp3) is 0.333. The molecular formula is C6H11N5O2S2. The van der Waals surface area contributed by atoms with Gasteiger partial charge in [0.1, 0.15) is 4.90 Å². The third kappa shape index (κ3) is 2.64. The maximum absolute atomic E-state index is 11.7. The van der Waals surface area contributed by atoms with E-state index in [0.717, 1.165) is 0 Å². The highest BCUT2D eigenvalue weighted by molar-refractivity contribution is 7.89. The number of nitrogens with zero attached hydrogens (tertiary/aromatic N) is 1. The molecule has 15 heavy (non-hydrogen) atoms. The Morgan fingerprint density at radius 3 is 2.53 bits per heavy atom. The highest BCUT2D eigenvalue weighted by atomic mass is 32.2. The van der Waals surface area contributed by atoms with E-state index in [9.17, 15) is 8.42 Å². The number of aromatic amines is 1. The Morgan fingerprint density at radius 2 is 2.13 bits per heavy atom. The van der Waals surface area contributed by atoms with Gasteiger partial charge in [-0.05, 0) is 26.1 Å². The van der Waals surface area contributed by atoms with E-state index in [1.165, 1.54) is 0 Å². The van der Waals surface area contributed by atoms with E-state index in [1.807, 2.05) is 4.83 Å². The predicted octanol–water partition coefficient (Wildman–Crippen LogP) is -0.947. The van der Waals surface area contributed by atoms with Crippen molar-refractivity contribution in [3.63, 3.8) is 0 Å². The van der Waals surface area contributed by atoms with E-state index >= 15 is 0 Å². The number of hydrogen-bond donors (Lipinski definition) is 4. The molecule has 0 atom stereocenters. The van der Waals surface area contributed by atoms with Crippen molar-refractivity contribution in [2.45, 2.75) is 18.7 Å². The number of H-pyrrole nitrogens is 1. The highest BCUT2D eigenvalue weighted by Crippen LogP contribution is 2.15. The van der Waals surface area contributed by atoms with Gasteiger partial charge in [-0.1, -0.05) is 0 Å². The summed E-state index contributed by atoms with van der Waals surface area (Å²) in [5.74, 6) is 0. The average molecular weight is 249 g/mol. The SMILES string of the molecule is Cc1n[nH]c(C)c1S(=O)(=O)NNC(N)=S. The summed E-state index contributed by atoms with van der Waals surface area (Å²) in [6, 6.07) is 0. The van der Waals surface area contributed by atoms with Gasteiger partial charge >= 0.3 is 0 Å². The zero-order chi connectivity index (χ0) is 11.6. The second kappa shape index (κ2) is 4.13. The number of aryl methyl sites for hydroxylation is 2. The number of nitrogens with two attached hydrogens (primary N) is 1. The molecule has 0 aromatic carbocycles. The summed E-state index contributed by atoms with van der Waals surface area (Å²) in [5, 5.41) is 6.19. The van der Waals surface area contributed by atoms with Crippen molar-refractivity contribution in [1.29, 1.82) is 0 Å². The normalized spacial score (nSPS) is 11.3. The van der Waals surface area contributed by atoms with E-state index in [0.29, 0.717) is 11.4 Å². The number of hydrogen-bond acceptors (Lipinski definition) is 4. The second-order valence-corrected chi connectivity index (χ2v) is 4.92. The first-order valence-electron chi connectivity index (χ1n) is 3.93. The maximum atomic E-state index is 11.7. The molecule has 0 spiro atoms. The van der Waals surface area contributed by atoms with Gasteiger partial charge in [0, 0.05) is 0 Å². The molecule has 0 fully saturated rings. The molecule has 9 heteroatoms. The number of thiocarbonyl (C=S) groups is 1. The van der Waals surface area contributed by atoms with Crippen LogP contribution in [-0.4, -0.2) is 23.7 Å². The van der Waals surface area contributed by atoms with Crippen molar-refractivity contribution < 1.29 is 8.42 Å². The quantitative estimate of drug-likeness (QED) is 0.406. The number of aromatic nitrogens is 2. The van der Waals surface area contributed by atoms with Crippen LogP contribution in [0.25, 0.3) is 0 Å². The van der Waals surface area contributed by atoms with Gasteiger partial charge in [-0.25, -0.2) is 8.42 Å². The lowest BCUT2D eigenvalue weighted by molar-refractivity contribution is 0.576. The minimum atomic E-state index is -3.70. The lowest BCUT2D eigenvalue weighted by Crippen LogP contribution is -2.44. The van der Waals surface area contributed by atoms with E-state index in [-0.39, 0.29) is 10.0 Å². The summed E-state index contributed by atoms with van der Waals surface area (Å²) in [6.07, 6.45) is 0. The summed E-state index contributed by atoms with van der Waals surface area (Å²) < 4.78 is 23.4. The molecule has 1 heterocycles. The van der Waals surface area contributed by atoms with Gasteiger partial charge in [0.2, 0.25) is 0 Å². The zero-order valence-corrected chi connectivity index (χ0v) is 9.79. The molecule has 0 unspecified atom stereocenters. The van der Waals surface area contributed by atoms with Crippen LogP contribution in [0.4, 0.5) is 0 Å². The van der Waals surface area contributed by atoms with Crippen molar-refractivity contribution in [2.24, 2.45) is 5.73 Å². The summed E-state index contributed by atoms with van der Waals surface area (Å²) in [5.41, 5.74) is 8.09. The Hall–Kier alpha value is -1.19. The van der Waals surface area contributed by atoms with Gasteiger partial charge in [-0.15, -0.1) is 4.83 Å². The largest absolute Gasteiger partial charge is 0.375 e. The fourth-order valence-electron chi connectivity index (χ4n) is 1.11. The van der Waals surface area contributed by atoms with E-state index in [1.54, 1.807) is 13.8 Å². The molecule has 0 aliphatic rings. The molecule has 0 aliphatic carbocycles. The topological polar surface area (TPSA) is 113 Å². The molecule has 0 saturated carbocycles. The van der Waals surface area contributed by atoms with Crippen LogP contribution in [0.2, 0.25) is 0 Å². The molecule has 0 saturated heterocycles. The van der Waals surface area contributed by atoms with Crippen molar-refractivity contribution in [1.82, 2.24) is 20.5 Å². The van der Waals surface area contributed by atoms with Crippen LogP contribution in [0.1, 0.15) is 11.4 Å². The molecule has 7 nitrogen and oxygen atoms in total. The van der Waals surface area contributed by atoms with Crippen LogP contribution < -0.4 is 16.0 Å². The third-order valence-corrected chi connectivity index (χ3v) is 3.25. The third-order valence-electron chi connectivity index (χ3n) is 1.64. The Balaban J connectivity index is 3.01. The molecule has 1 rings (SSSR count). The fourth-order valence-corrected chi connectivity index (χ4v) is 2.45. The zero-order valence-electron chi connectivity index (χ0n) is 8.16. The first kappa shape index (κ1) is 11.9. The lowest BCUT2D eigenvalue weighted by Gasteiger charge is -2.07. The van der Waals surface area contributed by atoms with Crippen LogP contribution in [0, 0.1) is 13.8 Å². The van der Waals surface area contributed by atoms with Crippen molar-refractivity contribution in [3.05, 3.63) is 11.4 Å². The van der Waals surface area contributed by atoms with Crippen molar-refractivity contribution >= 4 is 27.4 Å². The molecule has 5 N–H and O–H groups in total. The Morgan fingerprint density at radius 1 is 1.53 bits per heavy atom. The van der Waals surface area contributed by atoms with Gasteiger partial charge in [0.25, 0.3) is 10.0 Å². The van der Waals surface area contributed by atoms with Crippen LogP contribution in [0.15, 0.2) is 4.90 Å². The van der Waals surface area contributed by atoms with Crippen LogP contribution in [-0.2, 0) is 10.0 Å². The lowest BCUT2D eigenvalue weighted by atomic mass is 10.4. The van der Waals surface area contributed by atoms with Crippen LogP contribution in [0.3, 0.4) is 0 Å². The first-order valence-corrected chi connectivity index (χ1v) is 5.82. The van der Waals surface area contributed by atoms with E-state index in [2.05, 4.69) is 27.8 Å². The highest BCUT2D eigenvalue weighted by Gasteiger charge is 2.21. The Labute approximate surface area is 92.5 Å². The first-order chi connectivity index (χ1) is 6.84. The molecule has 0 bridgehead atoms. The van der Waals surface area contributed by atoms with Gasteiger partial charge < -0.3 is 5.73 Å². The molecular weight excluding hydrogens is 238 g/mol. The predicted molar refractivity (Wildman–Crippen MR) is 58.3 cm³/mol. The van der Waals surface area contributed by atoms with Gasteiger partial charge in [-0.2, -0.15) is 5.10 Å². The van der Waals surface area contributed by atoms with E-state index < -0.39 is 10.0 Å². The summed E-state index contributed by atoms with van der Waals surface area (Å²) >= 11 is 4.47. The average Bonchev–Trinajstić information content (AvgIpc) is 2.43. The molecule has 0 aliphatic heterocycles. The molecule has 1 aromatic heterocycles. The number of sulfonamides is 1. The molecule has 1 aromatic rings.